The molecule has 7 nitrogen and oxygen atoms in total. The molecule has 2 aromatic heterocycles. The molecule has 0 unspecified atom stereocenters. The van der Waals surface area contributed by atoms with Gasteiger partial charge in [0.1, 0.15) is 5.75 Å². The van der Waals surface area contributed by atoms with Gasteiger partial charge in [0, 0.05) is 42.9 Å². The number of nitrogens with zero attached hydrogens (tertiary/aromatic N) is 4. The van der Waals surface area contributed by atoms with Crippen molar-refractivity contribution in [2.45, 2.75) is 24.9 Å². The van der Waals surface area contributed by atoms with Crippen molar-refractivity contribution in [2.75, 3.05) is 6.54 Å². The number of nitrogens with two attached hydrogens (primary N) is 1. The van der Waals surface area contributed by atoms with Crippen LogP contribution in [0, 0.1) is 11.3 Å². The van der Waals surface area contributed by atoms with E-state index in [9.17, 15) is 10.4 Å². The van der Waals surface area contributed by atoms with Crippen molar-refractivity contribution in [3.8, 4) is 29.0 Å². The number of pyridine rings is 1. The maximum absolute atomic E-state index is 9.86. The van der Waals surface area contributed by atoms with Crippen molar-refractivity contribution < 1.29 is 9.84 Å². The molecule has 7 heteroatoms. The summed E-state index contributed by atoms with van der Waals surface area (Å²) in [5, 5.41) is 23.7. The van der Waals surface area contributed by atoms with Gasteiger partial charge >= 0.3 is 0 Å². The fourth-order valence-electron chi connectivity index (χ4n) is 3.04. The zero-order valence-electron chi connectivity index (χ0n) is 15.5. The maximum atomic E-state index is 9.86. The maximum Gasteiger partial charge on any atom is 0.217 e. The number of aliphatic hydroxyl groups excluding tert-OH is 1. The average molecular weight is 375 g/mol. The summed E-state index contributed by atoms with van der Waals surface area (Å²) in [7, 11) is 1.84. The minimum absolute atomic E-state index is 0.135. The number of benzene rings is 1. The Bertz CT molecular complexity index is 1030. The molecule has 3 N–H and O–H groups in total. The van der Waals surface area contributed by atoms with Crippen molar-refractivity contribution >= 4 is 0 Å². The number of nitriles is 1. The Hall–Kier alpha value is -3.21. The molecule has 3 aromatic rings. The summed E-state index contributed by atoms with van der Waals surface area (Å²) in [5.41, 5.74) is 9.12. The van der Waals surface area contributed by atoms with Crippen LogP contribution in [-0.2, 0) is 7.05 Å². The molecular weight excluding hydrogens is 354 g/mol. The predicted molar refractivity (Wildman–Crippen MR) is 104 cm³/mol. The zero-order valence-corrected chi connectivity index (χ0v) is 15.5. The largest absolute Gasteiger partial charge is 0.439 e. The number of aromatic nitrogens is 3. The number of hydrogen-bond donors (Lipinski definition) is 2. The fraction of sp³-hybridized carbons (Fsp3) is 0.286. The van der Waals surface area contributed by atoms with Crippen molar-refractivity contribution in [2.24, 2.45) is 12.8 Å². The van der Waals surface area contributed by atoms with E-state index in [1.165, 1.54) is 0 Å². The van der Waals surface area contributed by atoms with Crippen LogP contribution in [0.4, 0.5) is 0 Å². The lowest BCUT2D eigenvalue weighted by molar-refractivity contribution is 0.186. The van der Waals surface area contributed by atoms with Gasteiger partial charge in [-0.2, -0.15) is 10.4 Å². The minimum atomic E-state index is -0.742. The Morgan fingerprint density at radius 3 is 2.79 bits per heavy atom. The van der Waals surface area contributed by atoms with E-state index in [2.05, 4.69) is 16.2 Å². The minimum Gasteiger partial charge on any atom is -0.439 e. The second kappa shape index (κ2) is 7.43. The van der Waals surface area contributed by atoms with Crippen LogP contribution in [0.3, 0.4) is 0 Å². The molecule has 1 aromatic carbocycles. The molecule has 0 aliphatic heterocycles. The van der Waals surface area contributed by atoms with Gasteiger partial charge < -0.3 is 15.6 Å². The highest BCUT2D eigenvalue weighted by Gasteiger charge is 2.27. The Labute approximate surface area is 163 Å². The third-order valence-electron chi connectivity index (χ3n) is 4.85. The average Bonchev–Trinajstić information content (AvgIpc) is 3.51. The first-order chi connectivity index (χ1) is 13.6. The lowest BCUT2D eigenvalue weighted by atomic mass is 10.1. The van der Waals surface area contributed by atoms with Crippen LogP contribution in [0.15, 0.2) is 42.6 Å². The van der Waals surface area contributed by atoms with E-state index in [1.807, 2.05) is 19.2 Å². The van der Waals surface area contributed by atoms with Crippen LogP contribution in [0.5, 0.6) is 11.6 Å². The number of ether oxygens (including phenoxy) is 1. The zero-order chi connectivity index (χ0) is 19.7. The van der Waals surface area contributed by atoms with Crippen LogP contribution in [0.1, 0.15) is 41.7 Å². The van der Waals surface area contributed by atoms with Gasteiger partial charge in [-0.1, -0.05) is 6.07 Å². The van der Waals surface area contributed by atoms with Crippen LogP contribution < -0.4 is 10.5 Å². The molecule has 1 aliphatic carbocycles. The Morgan fingerprint density at radius 2 is 2.14 bits per heavy atom. The molecule has 0 radical (unpaired) electrons. The van der Waals surface area contributed by atoms with E-state index in [0.29, 0.717) is 34.4 Å². The van der Waals surface area contributed by atoms with Crippen LogP contribution in [0.2, 0.25) is 0 Å². The molecule has 1 atom stereocenters. The van der Waals surface area contributed by atoms with E-state index in [1.54, 1.807) is 35.1 Å². The topological polar surface area (TPSA) is 110 Å². The van der Waals surface area contributed by atoms with Crippen LogP contribution >= 0.6 is 0 Å². The fourth-order valence-corrected chi connectivity index (χ4v) is 3.04. The monoisotopic (exact) mass is 375 g/mol. The molecule has 0 saturated heterocycles. The molecule has 2 heterocycles. The molecule has 0 spiro atoms. The Morgan fingerprint density at radius 1 is 1.32 bits per heavy atom. The van der Waals surface area contributed by atoms with Gasteiger partial charge in [-0.3, -0.25) is 4.98 Å². The first-order valence-electron chi connectivity index (χ1n) is 9.19. The summed E-state index contributed by atoms with van der Waals surface area (Å²) in [6.45, 7) is 0.135. The summed E-state index contributed by atoms with van der Waals surface area (Å²) in [6, 6.07) is 12.9. The molecule has 1 saturated carbocycles. The SMILES string of the molecule is Cn1nc(C2CC2)cc1Oc1cc(C#N)ccc1-c1ccc([C@H](O)CN)cn1. The lowest BCUT2D eigenvalue weighted by Crippen LogP contribution is -2.11. The molecule has 4 rings (SSSR count). The lowest BCUT2D eigenvalue weighted by Gasteiger charge is -2.12. The number of hydrogen-bond acceptors (Lipinski definition) is 6. The highest BCUT2D eigenvalue weighted by molar-refractivity contribution is 5.69. The standard InChI is InChI=1S/C21H21N5O2/c1-26-21(9-18(25-26)14-3-4-14)28-20-8-13(10-22)2-6-16(20)17-7-5-15(12-24-17)19(27)11-23/h2,5-9,12,14,19,27H,3-4,11,23H2,1H3/t19-/m1/s1. The quantitative estimate of drug-likeness (QED) is 0.685. The van der Waals surface area contributed by atoms with E-state index >= 15 is 0 Å². The molecule has 1 fully saturated rings. The summed E-state index contributed by atoms with van der Waals surface area (Å²) in [4.78, 5) is 4.44. The Balaban J connectivity index is 1.69. The molecular formula is C21H21N5O2. The van der Waals surface area contributed by atoms with Gasteiger partial charge in [-0.15, -0.1) is 0 Å². The number of aryl methyl sites for hydroxylation is 1. The van der Waals surface area contributed by atoms with Gasteiger partial charge in [0.2, 0.25) is 5.88 Å². The third-order valence-corrected chi connectivity index (χ3v) is 4.85. The number of aliphatic hydroxyl groups is 1. The predicted octanol–water partition coefficient (Wildman–Crippen LogP) is 3.02. The molecule has 0 amide bonds. The Kier molecular flexibility index (Phi) is 4.82. The second-order valence-electron chi connectivity index (χ2n) is 6.96. The molecule has 0 bridgehead atoms. The van der Waals surface area contributed by atoms with Crippen molar-refractivity contribution in [3.05, 3.63) is 59.4 Å². The summed E-state index contributed by atoms with van der Waals surface area (Å²) in [5.74, 6) is 1.68. The molecule has 28 heavy (non-hydrogen) atoms. The van der Waals surface area contributed by atoms with Gasteiger partial charge in [-0.05, 0) is 37.1 Å². The molecule has 142 valence electrons. The van der Waals surface area contributed by atoms with Gasteiger partial charge in [0.15, 0.2) is 0 Å². The van der Waals surface area contributed by atoms with E-state index in [-0.39, 0.29) is 6.54 Å². The normalized spacial score (nSPS) is 14.5. The van der Waals surface area contributed by atoms with Crippen molar-refractivity contribution in [1.82, 2.24) is 14.8 Å². The van der Waals surface area contributed by atoms with Crippen LogP contribution in [-0.4, -0.2) is 26.4 Å². The van der Waals surface area contributed by atoms with Gasteiger partial charge in [-0.25, -0.2) is 4.68 Å². The molecule has 1 aliphatic rings. The van der Waals surface area contributed by atoms with E-state index < -0.39 is 6.10 Å². The summed E-state index contributed by atoms with van der Waals surface area (Å²) < 4.78 is 7.85. The first-order valence-corrected chi connectivity index (χ1v) is 9.19. The second-order valence-corrected chi connectivity index (χ2v) is 6.96. The van der Waals surface area contributed by atoms with Gasteiger partial charge in [0.25, 0.3) is 0 Å². The smallest absolute Gasteiger partial charge is 0.217 e. The van der Waals surface area contributed by atoms with Gasteiger partial charge in [0.05, 0.1) is 29.1 Å². The van der Waals surface area contributed by atoms with Crippen molar-refractivity contribution in [3.63, 3.8) is 0 Å². The van der Waals surface area contributed by atoms with E-state index in [4.69, 9.17) is 10.5 Å². The van der Waals surface area contributed by atoms with Crippen molar-refractivity contribution in [1.29, 1.82) is 5.26 Å². The first kappa shape index (κ1) is 18.2. The number of rotatable bonds is 6. The van der Waals surface area contributed by atoms with Crippen LogP contribution in [0.25, 0.3) is 11.3 Å². The third kappa shape index (κ3) is 3.60. The van der Waals surface area contributed by atoms with E-state index in [0.717, 1.165) is 24.1 Å². The summed E-state index contributed by atoms with van der Waals surface area (Å²) in [6.07, 6.45) is 3.19. The highest BCUT2D eigenvalue weighted by Crippen LogP contribution is 2.41. The summed E-state index contributed by atoms with van der Waals surface area (Å²) >= 11 is 0. The highest BCUT2D eigenvalue weighted by atomic mass is 16.5.